The zero-order valence-electron chi connectivity index (χ0n) is 13.7. The van der Waals surface area contributed by atoms with Gasteiger partial charge >= 0.3 is 0 Å². The molecule has 1 amide bonds. The average molecular weight is 349 g/mol. The van der Waals surface area contributed by atoms with E-state index in [9.17, 15) is 4.79 Å². The molecule has 1 aromatic carbocycles. The predicted molar refractivity (Wildman–Crippen MR) is 91.7 cm³/mol. The number of nitrogens with one attached hydrogen (secondary N) is 1. The molecule has 1 fully saturated rings. The summed E-state index contributed by atoms with van der Waals surface area (Å²) in [6, 6.07) is 7.60. The van der Waals surface area contributed by atoms with E-state index < -0.39 is 0 Å². The first-order chi connectivity index (χ1) is 11.6. The number of halogens is 1. The number of hydrogen-bond donors (Lipinski definition) is 1. The molecule has 1 N–H and O–H groups in total. The summed E-state index contributed by atoms with van der Waals surface area (Å²) < 4.78 is 5.26. The van der Waals surface area contributed by atoms with Crippen LogP contribution in [0.2, 0.25) is 5.02 Å². The Morgan fingerprint density at radius 2 is 2.21 bits per heavy atom. The highest BCUT2D eigenvalue weighted by Gasteiger charge is 2.22. The van der Waals surface area contributed by atoms with Crippen molar-refractivity contribution >= 4 is 17.5 Å². The van der Waals surface area contributed by atoms with Crippen molar-refractivity contribution in [2.45, 2.75) is 31.7 Å². The molecule has 0 spiro atoms. The Morgan fingerprint density at radius 1 is 1.42 bits per heavy atom. The van der Waals surface area contributed by atoms with Gasteiger partial charge in [-0.1, -0.05) is 16.8 Å². The maximum absolute atomic E-state index is 12.2. The van der Waals surface area contributed by atoms with Crippen molar-refractivity contribution in [3.63, 3.8) is 0 Å². The van der Waals surface area contributed by atoms with Gasteiger partial charge in [-0.3, -0.25) is 4.79 Å². The van der Waals surface area contributed by atoms with E-state index in [1.54, 1.807) is 12.1 Å². The molecule has 6 nitrogen and oxygen atoms in total. The highest BCUT2D eigenvalue weighted by atomic mass is 35.5. The van der Waals surface area contributed by atoms with Crippen LogP contribution in [0.1, 0.15) is 25.2 Å². The molecule has 128 valence electrons. The van der Waals surface area contributed by atoms with Gasteiger partial charge in [0.25, 0.3) is 0 Å². The van der Waals surface area contributed by atoms with Gasteiger partial charge in [0.2, 0.25) is 17.6 Å². The topological polar surface area (TPSA) is 71.3 Å². The van der Waals surface area contributed by atoms with Gasteiger partial charge < -0.3 is 14.7 Å². The van der Waals surface area contributed by atoms with Crippen molar-refractivity contribution in [1.29, 1.82) is 0 Å². The lowest BCUT2D eigenvalue weighted by atomic mass is 10.2. The minimum absolute atomic E-state index is 0.168. The van der Waals surface area contributed by atoms with Crippen LogP contribution in [0.15, 0.2) is 28.8 Å². The van der Waals surface area contributed by atoms with E-state index in [0.717, 1.165) is 25.1 Å². The van der Waals surface area contributed by atoms with Gasteiger partial charge in [0.1, 0.15) is 0 Å². The van der Waals surface area contributed by atoms with Crippen molar-refractivity contribution in [3.8, 4) is 11.4 Å². The molecule has 1 unspecified atom stereocenters. The summed E-state index contributed by atoms with van der Waals surface area (Å²) in [5.74, 6) is 1.27. The van der Waals surface area contributed by atoms with Gasteiger partial charge in [-0.05, 0) is 43.7 Å². The van der Waals surface area contributed by atoms with Crippen LogP contribution in [0.25, 0.3) is 11.4 Å². The molecule has 1 aliphatic rings. The van der Waals surface area contributed by atoms with Gasteiger partial charge in [-0.15, -0.1) is 0 Å². The van der Waals surface area contributed by atoms with Gasteiger partial charge in [0.15, 0.2) is 0 Å². The number of aryl methyl sites for hydroxylation is 1. The Labute approximate surface area is 146 Å². The quantitative estimate of drug-likeness (QED) is 0.868. The lowest BCUT2D eigenvalue weighted by molar-refractivity contribution is -0.131. The number of hydrogen-bond acceptors (Lipinski definition) is 5. The maximum Gasteiger partial charge on any atom is 0.226 e. The molecule has 24 heavy (non-hydrogen) atoms. The van der Waals surface area contributed by atoms with Crippen LogP contribution < -0.4 is 5.32 Å². The summed E-state index contributed by atoms with van der Waals surface area (Å²) in [6.07, 6.45) is 2.82. The second-order valence-electron chi connectivity index (χ2n) is 6.02. The van der Waals surface area contributed by atoms with Crippen LogP contribution >= 0.6 is 11.6 Å². The first-order valence-electron chi connectivity index (χ1n) is 8.18. The Morgan fingerprint density at radius 3 is 2.92 bits per heavy atom. The van der Waals surface area contributed by atoms with Gasteiger partial charge in [0.05, 0.1) is 0 Å². The van der Waals surface area contributed by atoms with Gasteiger partial charge in [-0.2, -0.15) is 4.98 Å². The van der Waals surface area contributed by atoms with Crippen LogP contribution in [-0.2, 0) is 11.2 Å². The summed E-state index contributed by atoms with van der Waals surface area (Å²) in [6.45, 7) is 1.87. The van der Waals surface area contributed by atoms with Crippen LogP contribution in [0.3, 0.4) is 0 Å². The molecule has 0 saturated carbocycles. The number of nitrogens with zero attached hydrogens (tertiary/aromatic N) is 3. The smallest absolute Gasteiger partial charge is 0.226 e. The summed E-state index contributed by atoms with van der Waals surface area (Å²) in [5.41, 5.74) is 0.860. The molecule has 0 radical (unpaired) electrons. The fraction of sp³-hybridized carbons (Fsp3) is 0.471. The fourth-order valence-corrected chi connectivity index (χ4v) is 2.94. The third kappa shape index (κ3) is 4.13. The first-order valence-corrected chi connectivity index (χ1v) is 8.56. The van der Waals surface area contributed by atoms with Crippen molar-refractivity contribution in [1.82, 2.24) is 20.4 Å². The average Bonchev–Trinajstić information content (AvgIpc) is 3.26. The lowest BCUT2D eigenvalue weighted by Crippen LogP contribution is -2.38. The Hall–Kier alpha value is -1.92. The normalized spacial score (nSPS) is 17.2. The molecule has 0 bridgehead atoms. The number of amides is 1. The minimum Gasteiger partial charge on any atom is -0.341 e. The van der Waals surface area contributed by atoms with Crippen LogP contribution in [0.4, 0.5) is 0 Å². The zero-order chi connectivity index (χ0) is 16.9. The highest BCUT2D eigenvalue weighted by molar-refractivity contribution is 6.30. The number of likely N-dealkylation sites (N-methyl/N-ethyl adjacent to an activating group) is 1. The number of carbonyl (C=O) groups excluding carboxylic acids is 1. The predicted octanol–water partition coefficient (Wildman–Crippen LogP) is 2.53. The van der Waals surface area contributed by atoms with E-state index in [1.807, 2.05) is 24.1 Å². The van der Waals surface area contributed by atoms with E-state index in [-0.39, 0.29) is 5.91 Å². The second-order valence-corrected chi connectivity index (χ2v) is 6.46. The molecule has 1 aromatic heterocycles. The maximum atomic E-state index is 12.2. The third-order valence-electron chi connectivity index (χ3n) is 4.33. The Balaban J connectivity index is 1.48. The van der Waals surface area contributed by atoms with Gasteiger partial charge in [0, 0.05) is 43.1 Å². The van der Waals surface area contributed by atoms with E-state index in [0.29, 0.717) is 42.0 Å². The van der Waals surface area contributed by atoms with Crippen LogP contribution in [-0.4, -0.2) is 47.1 Å². The number of aromatic nitrogens is 2. The summed E-state index contributed by atoms with van der Waals surface area (Å²) >= 11 is 5.87. The number of rotatable bonds is 6. The minimum atomic E-state index is 0.168. The molecule has 2 heterocycles. The SMILES string of the molecule is CN(C(=O)CCCc1nc(-c2ccc(Cl)cc2)no1)C1CCNC1. The molecule has 1 saturated heterocycles. The molecular weight excluding hydrogens is 328 g/mol. The molecule has 0 aliphatic carbocycles. The van der Waals surface area contributed by atoms with Crippen molar-refractivity contribution in [2.75, 3.05) is 20.1 Å². The van der Waals surface area contributed by atoms with E-state index in [4.69, 9.17) is 16.1 Å². The molecule has 7 heteroatoms. The van der Waals surface area contributed by atoms with Crippen molar-refractivity contribution in [3.05, 3.63) is 35.2 Å². The fourth-order valence-electron chi connectivity index (χ4n) is 2.81. The number of carbonyl (C=O) groups is 1. The first kappa shape index (κ1) is 16.9. The standard InChI is InChI=1S/C17H21ClN4O2/c1-22(14-9-10-19-11-14)16(23)4-2-3-15-20-17(21-24-15)12-5-7-13(18)8-6-12/h5-8,14,19H,2-4,9-11H2,1H3. The van der Waals surface area contributed by atoms with E-state index in [2.05, 4.69) is 15.5 Å². The molecule has 1 aliphatic heterocycles. The monoisotopic (exact) mass is 348 g/mol. The van der Waals surface area contributed by atoms with Crippen molar-refractivity contribution in [2.24, 2.45) is 0 Å². The summed E-state index contributed by atoms with van der Waals surface area (Å²) in [7, 11) is 1.88. The summed E-state index contributed by atoms with van der Waals surface area (Å²) in [4.78, 5) is 18.4. The number of benzene rings is 1. The lowest BCUT2D eigenvalue weighted by Gasteiger charge is -2.23. The highest BCUT2D eigenvalue weighted by Crippen LogP contribution is 2.19. The molecule has 1 atom stereocenters. The Kier molecular flexibility index (Phi) is 5.48. The van der Waals surface area contributed by atoms with E-state index >= 15 is 0 Å². The van der Waals surface area contributed by atoms with Crippen LogP contribution in [0.5, 0.6) is 0 Å². The molecule has 2 aromatic rings. The third-order valence-corrected chi connectivity index (χ3v) is 4.58. The molecular formula is C17H21ClN4O2. The Bertz CT molecular complexity index is 680. The van der Waals surface area contributed by atoms with Gasteiger partial charge in [-0.25, -0.2) is 0 Å². The van der Waals surface area contributed by atoms with Crippen molar-refractivity contribution < 1.29 is 9.32 Å². The second kappa shape index (κ2) is 7.77. The summed E-state index contributed by atoms with van der Waals surface area (Å²) in [5, 5.41) is 7.92. The largest absolute Gasteiger partial charge is 0.341 e. The zero-order valence-corrected chi connectivity index (χ0v) is 14.4. The van der Waals surface area contributed by atoms with Crippen LogP contribution in [0, 0.1) is 0 Å². The molecule has 3 rings (SSSR count). The van der Waals surface area contributed by atoms with E-state index in [1.165, 1.54) is 0 Å².